The molecule has 2 N–H and O–H groups in total. The molecule has 0 spiro atoms. The van der Waals surface area contributed by atoms with Crippen molar-refractivity contribution < 1.29 is 4.74 Å². The quantitative estimate of drug-likeness (QED) is 0.789. The monoisotopic (exact) mass is 197 g/mol. The summed E-state index contributed by atoms with van der Waals surface area (Å²) < 4.78 is 5.56. The number of aryl methyl sites for hydroxylation is 1. The van der Waals surface area contributed by atoms with Crippen molar-refractivity contribution in [1.82, 2.24) is 0 Å². The van der Waals surface area contributed by atoms with Crippen molar-refractivity contribution in [3.63, 3.8) is 0 Å². The average Bonchev–Trinajstić information content (AvgIpc) is 2.72. The van der Waals surface area contributed by atoms with Gasteiger partial charge < -0.3 is 10.5 Å². The van der Waals surface area contributed by atoms with Crippen LogP contribution < -0.4 is 5.73 Å². The minimum Gasteiger partial charge on any atom is -0.376 e. The van der Waals surface area contributed by atoms with Crippen LogP contribution in [-0.4, -0.2) is 12.7 Å². The van der Waals surface area contributed by atoms with Gasteiger partial charge in [-0.2, -0.15) is 0 Å². The Hall–Kier alpha value is -0.380. The van der Waals surface area contributed by atoms with Gasteiger partial charge in [0.05, 0.1) is 12.1 Å². The van der Waals surface area contributed by atoms with Gasteiger partial charge in [-0.1, -0.05) is 0 Å². The molecule has 3 heteroatoms. The summed E-state index contributed by atoms with van der Waals surface area (Å²) in [5.41, 5.74) is 6.10. The molecule has 1 fully saturated rings. The average molecular weight is 197 g/mol. The fourth-order valence-corrected chi connectivity index (χ4v) is 2.63. The summed E-state index contributed by atoms with van der Waals surface area (Å²) in [5, 5.41) is 0. The predicted octanol–water partition coefficient (Wildman–Crippen LogP) is 2.24. The van der Waals surface area contributed by atoms with Gasteiger partial charge >= 0.3 is 0 Å². The van der Waals surface area contributed by atoms with Crippen LogP contribution in [0.2, 0.25) is 0 Å². The van der Waals surface area contributed by atoms with Gasteiger partial charge in [0, 0.05) is 16.4 Å². The van der Waals surface area contributed by atoms with Gasteiger partial charge in [0.15, 0.2) is 0 Å². The molecule has 1 aromatic rings. The Morgan fingerprint density at radius 1 is 1.62 bits per heavy atom. The maximum Gasteiger partial charge on any atom is 0.0776 e. The van der Waals surface area contributed by atoms with Crippen molar-refractivity contribution in [3.05, 3.63) is 21.9 Å². The van der Waals surface area contributed by atoms with Crippen LogP contribution in [-0.2, 0) is 4.74 Å². The molecule has 2 atom stereocenters. The summed E-state index contributed by atoms with van der Waals surface area (Å²) >= 11 is 1.78. The highest BCUT2D eigenvalue weighted by Crippen LogP contribution is 2.29. The minimum absolute atomic E-state index is 0.0844. The first-order valence-electron chi connectivity index (χ1n) is 4.71. The molecule has 2 heterocycles. The van der Waals surface area contributed by atoms with E-state index in [1.54, 1.807) is 11.3 Å². The second kappa shape index (κ2) is 3.78. The number of hydrogen-bond donors (Lipinski definition) is 1. The zero-order valence-electron chi connectivity index (χ0n) is 7.82. The van der Waals surface area contributed by atoms with Crippen molar-refractivity contribution in [2.45, 2.75) is 31.9 Å². The number of nitrogens with two attached hydrogens (primary N) is 1. The molecule has 0 radical (unpaired) electrons. The summed E-state index contributed by atoms with van der Waals surface area (Å²) in [4.78, 5) is 2.58. The van der Waals surface area contributed by atoms with Crippen molar-refractivity contribution in [2.24, 2.45) is 5.73 Å². The van der Waals surface area contributed by atoms with E-state index in [-0.39, 0.29) is 12.1 Å². The van der Waals surface area contributed by atoms with E-state index in [0.29, 0.717) is 0 Å². The molecule has 2 nitrogen and oxygen atoms in total. The van der Waals surface area contributed by atoms with Crippen LogP contribution >= 0.6 is 11.3 Å². The number of hydrogen-bond acceptors (Lipinski definition) is 3. The van der Waals surface area contributed by atoms with Gasteiger partial charge in [-0.05, 0) is 31.9 Å². The normalized spacial score (nSPS) is 24.9. The first kappa shape index (κ1) is 9.19. The molecule has 0 aliphatic carbocycles. The Bertz CT molecular complexity index is 278. The third-order valence-electron chi connectivity index (χ3n) is 2.46. The molecule has 72 valence electrons. The molecule has 0 amide bonds. The molecule has 13 heavy (non-hydrogen) atoms. The topological polar surface area (TPSA) is 35.2 Å². The number of ether oxygens (including phenoxy) is 1. The van der Waals surface area contributed by atoms with Crippen LogP contribution in [0, 0.1) is 6.92 Å². The van der Waals surface area contributed by atoms with Crippen molar-refractivity contribution in [2.75, 3.05) is 6.61 Å². The summed E-state index contributed by atoms with van der Waals surface area (Å²) in [6.45, 7) is 2.99. The van der Waals surface area contributed by atoms with E-state index in [4.69, 9.17) is 10.5 Å². The molecule has 1 aliphatic rings. The van der Waals surface area contributed by atoms with Gasteiger partial charge in [-0.15, -0.1) is 11.3 Å². The molecule has 1 aromatic heterocycles. The zero-order valence-corrected chi connectivity index (χ0v) is 8.64. The molecule has 0 bridgehead atoms. The van der Waals surface area contributed by atoms with Crippen LogP contribution in [0.3, 0.4) is 0 Å². The smallest absolute Gasteiger partial charge is 0.0776 e. The third kappa shape index (κ3) is 1.93. The third-order valence-corrected chi connectivity index (χ3v) is 3.56. The highest BCUT2D eigenvalue weighted by Gasteiger charge is 2.24. The van der Waals surface area contributed by atoms with Crippen LogP contribution in [0.1, 0.15) is 28.6 Å². The van der Waals surface area contributed by atoms with E-state index < -0.39 is 0 Å². The molecular weight excluding hydrogens is 182 g/mol. The standard InChI is InChI=1S/C10H15NOS/c1-7-4-5-9(13-7)10(11)8-3-2-6-12-8/h4-5,8,10H,2-3,6,11H2,1H3. The summed E-state index contributed by atoms with van der Waals surface area (Å²) in [6, 6.07) is 4.32. The predicted molar refractivity (Wildman–Crippen MR) is 55.0 cm³/mol. The lowest BCUT2D eigenvalue weighted by molar-refractivity contribution is 0.0909. The van der Waals surface area contributed by atoms with Gasteiger partial charge in [-0.25, -0.2) is 0 Å². The lowest BCUT2D eigenvalue weighted by Gasteiger charge is -2.16. The van der Waals surface area contributed by atoms with E-state index in [0.717, 1.165) is 19.4 Å². The Balaban J connectivity index is 2.07. The van der Waals surface area contributed by atoms with Gasteiger partial charge in [0.2, 0.25) is 0 Å². The molecule has 2 unspecified atom stereocenters. The Kier molecular flexibility index (Phi) is 2.67. The second-order valence-electron chi connectivity index (χ2n) is 3.53. The van der Waals surface area contributed by atoms with E-state index in [9.17, 15) is 0 Å². The lowest BCUT2D eigenvalue weighted by Crippen LogP contribution is -2.24. The maximum atomic E-state index is 6.10. The Morgan fingerprint density at radius 3 is 3.00 bits per heavy atom. The van der Waals surface area contributed by atoms with Gasteiger partial charge in [0.25, 0.3) is 0 Å². The van der Waals surface area contributed by atoms with Crippen molar-refractivity contribution >= 4 is 11.3 Å². The van der Waals surface area contributed by atoms with Crippen LogP contribution in [0.5, 0.6) is 0 Å². The maximum absolute atomic E-state index is 6.10. The Labute approximate surface area is 82.7 Å². The molecule has 0 aromatic carbocycles. The van der Waals surface area contributed by atoms with E-state index >= 15 is 0 Å². The van der Waals surface area contributed by atoms with Gasteiger partial charge in [0.1, 0.15) is 0 Å². The van der Waals surface area contributed by atoms with Crippen molar-refractivity contribution in [3.8, 4) is 0 Å². The minimum atomic E-state index is 0.0844. The van der Waals surface area contributed by atoms with E-state index in [2.05, 4.69) is 19.1 Å². The first-order chi connectivity index (χ1) is 6.27. The molecule has 1 saturated heterocycles. The van der Waals surface area contributed by atoms with Crippen LogP contribution in [0.15, 0.2) is 12.1 Å². The number of rotatable bonds is 2. The fraction of sp³-hybridized carbons (Fsp3) is 0.600. The highest BCUT2D eigenvalue weighted by atomic mass is 32.1. The van der Waals surface area contributed by atoms with Crippen LogP contribution in [0.4, 0.5) is 0 Å². The molecule has 2 rings (SSSR count). The van der Waals surface area contributed by atoms with E-state index in [1.165, 1.54) is 9.75 Å². The second-order valence-corrected chi connectivity index (χ2v) is 4.85. The summed E-state index contributed by atoms with van der Waals surface area (Å²) in [5.74, 6) is 0. The summed E-state index contributed by atoms with van der Waals surface area (Å²) in [6.07, 6.45) is 2.51. The van der Waals surface area contributed by atoms with Gasteiger partial charge in [-0.3, -0.25) is 0 Å². The molecule has 1 aliphatic heterocycles. The number of thiophene rings is 1. The van der Waals surface area contributed by atoms with Crippen molar-refractivity contribution in [1.29, 1.82) is 0 Å². The molecule has 0 saturated carbocycles. The highest BCUT2D eigenvalue weighted by molar-refractivity contribution is 7.12. The fourth-order valence-electron chi connectivity index (χ4n) is 1.70. The zero-order chi connectivity index (χ0) is 9.26. The SMILES string of the molecule is Cc1ccc(C(N)C2CCCO2)s1. The largest absolute Gasteiger partial charge is 0.376 e. The Morgan fingerprint density at radius 2 is 2.46 bits per heavy atom. The lowest BCUT2D eigenvalue weighted by atomic mass is 10.1. The van der Waals surface area contributed by atoms with Crippen LogP contribution in [0.25, 0.3) is 0 Å². The summed E-state index contributed by atoms with van der Waals surface area (Å²) in [7, 11) is 0. The molecular formula is C10H15NOS. The first-order valence-corrected chi connectivity index (χ1v) is 5.52. The van der Waals surface area contributed by atoms with E-state index in [1.807, 2.05) is 0 Å².